The fourth-order valence-corrected chi connectivity index (χ4v) is 1.04. The number of rotatable bonds is 2. The highest BCUT2D eigenvalue weighted by Crippen LogP contribution is 2.17. The van der Waals surface area contributed by atoms with Crippen LogP contribution in [-0.4, -0.2) is 15.2 Å². The van der Waals surface area contributed by atoms with Crippen LogP contribution < -0.4 is 4.74 Å². The Balaban J connectivity index is 2.22. The Morgan fingerprint density at radius 3 is 2.93 bits per heavy atom. The minimum absolute atomic E-state index is 0.112. The summed E-state index contributed by atoms with van der Waals surface area (Å²) < 4.78 is 18.0. The smallest absolute Gasteiger partial charge is 0.341 e. The topological polar surface area (TPSA) is 47.9 Å². The van der Waals surface area contributed by atoms with E-state index >= 15 is 0 Å². The zero-order chi connectivity index (χ0) is 10.7. The summed E-state index contributed by atoms with van der Waals surface area (Å²) in [6.07, 6.45) is 1.51. The second-order valence-corrected chi connectivity index (χ2v) is 2.94. The first-order valence-corrected chi connectivity index (χ1v) is 4.34. The molecule has 0 atom stereocenters. The van der Waals surface area contributed by atoms with Crippen LogP contribution in [0.3, 0.4) is 0 Å². The molecule has 0 saturated carbocycles. The molecular formula is C10H8FN3O. The van der Waals surface area contributed by atoms with Crippen molar-refractivity contribution in [1.29, 1.82) is 0 Å². The van der Waals surface area contributed by atoms with E-state index in [-0.39, 0.29) is 11.8 Å². The van der Waals surface area contributed by atoms with E-state index in [1.807, 2.05) is 0 Å². The molecule has 4 nitrogen and oxygen atoms in total. The average molecular weight is 205 g/mol. The number of aromatic nitrogens is 3. The quantitative estimate of drug-likeness (QED) is 0.753. The van der Waals surface area contributed by atoms with E-state index in [0.717, 1.165) is 0 Å². The van der Waals surface area contributed by atoms with Crippen molar-refractivity contribution in [3.63, 3.8) is 0 Å². The van der Waals surface area contributed by atoms with Crippen molar-refractivity contribution >= 4 is 0 Å². The Labute approximate surface area is 85.8 Å². The van der Waals surface area contributed by atoms with Gasteiger partial charge in [0.1, 0.15) is 11.6 Å². The zero-order valence-electron chi connectivity index (χ0n) is 8.01. The first-order chi connectivity index (χ1) is 7.24. The fourth-order valence-electron chi connectivity index (χ4n) is 1.04. The molecule has 5 heteroatoms. The molecule has 1 aromatic carbocycles. The molecule has 1 heterocycles. The summed E-state index contributed by atoms with van der Waals surface area (Å²) in [6.45, 7) is 1.77. The van der Waals surface area contributed by atoms with Crippen LogP contribution in [0.2, 0.25) is 0 Å². The van der Waals surface area contributed by atoms with Crippen molar-refractivity contribution in [2.45, 2.75) is 6.92 Å². The third-order valence-corrected chi connectivity index (χ3v) is 1.67. The molecule has 0 radical (unpaired) electrons. The largest absolute Gasteiger partial charge is 0.423 e. The van der Waals surface area contributed by atoms with Crippen molar-refractivity contribution in [2.24, 2.45) is 0 Å². The van der Waals surface area contributed by atoms with E-state index in [4.69, 9.17) is 4.74 Å². The second-order valence-electron chi connectivity index (χ2n) is 2.94. The molecule has 2 aromatic rings. The SMILES string of the molecule is Cc1cnnc(Oc2cccc(F)c2)n1. The zero-order valence-corrected chi connectivity index (χ0v) is 8.01. The van der Waals surface area contributed by atoms with Gasteiger partial charge >= 0.3 is 6.01 Å². The Hall–Kier alpha value is -2.04. The molecule has 0 unspecified atom stereocenters. The highest BCUT2D eigenvalue weighted by atomic mass is 19.1. The van der Waals surface area contributed by atoms with Crippen LogP contribution in [0.4, 0.5) is 4.39 Å². The van der Waals surface area contributed by atoms with Gasteiger partial charge in [0.25, 0.3) is 0 Å². The molecule has 0 fully saturated rings. The summed E-state index contributed by atoms with van der Waals surface area (Å²) in [5, 5.41) is 7.33. The van der Waals surface area contributed by atoms with Crippen LogP contribution in [0.1, 0.15) is 5.69 Å². The van der Waals surface area contributed by atoms with Crippen molar-refractivity contribution in [2.75, 3.05) is 0 Å². The average Bonchev–Trinajstić information content (AvgIpc) is 2.17. The van der Waals surface area contributed by atoms with Gasteiger partial charge in [-0.2, -0.15) is 10.1 Å². The minimum Gasteiger partial charge on any atom is -0.423 e. The first-order valence-electron chi connectivity index (χ1n) is 4.34. The fraction of sp³-hybridized carbons (Fsp3) is 0.100. The molecule has 0 bridgehead atoms. The lowest BCUT2D eigenvalue weighted by atomic mass is 10.3. The van der Waals surface area contributed by atoms with Crippen molar-refractivity contribution in [1.82, 2.24) is 15.2 Å². The molecule has 0 N–H and O–H groups in total. The molecule has 0 aliphatic rings. The summed E-state index contributed by atoms with van der Waals surface area (Å²) in [4.78, 5) is 3.98. The predicted molar refractivity (Wildman–Crippen MR) is 51.0 cm³/mol. The van der Waals surface area contributed by atoms with E-state index in [1.54, 1.807) is 19.1 Å². The molecule has 76 valence electrons. The maximum atomic E-state index is 12.8. The van der Waals surface area contributed by atoms with Crippen LogP contribution in [0.25, 0.3) is 0 Å². The summed E-state index contributed by atoms with van der Waals surface area (Å²) in [5.41, 5.74) is 0.691. The molecule has 0 aliphatic carbocycles. The van der Waals surface area contributed by atoms with Crippen LogP contribution in [-0.2, 0) is 0 Å². The van der Waals surface area contributed by atoms with Crippen LogP contribution in [0, 0.1) is 12.7 Å². The monoisotopic (exact) mass is 205 g/mol. The number of hydrogen-bond acceptors (Lipinski definition) is 4. The molecule has 0 amide bonds. The van der Waals surface area contributed by atoms with Gasteiger partial charge in [0.2, 0.25) is 0 Å². The highest BCUT2D eigenvalue weighted by Gasteiger charge is 2.01. The van der Waals surface area contributed by atoms with Crippen LogP contribution in [0.15, 0.2) is 30.5 Å². The van der Waals surface area contributed by atoms with Gasteiger partial charge in [-0.25, -0.2) is 4.39 Å². The molecular weight excluding hydrogens is 197 g/mol. The predicted octanol–water partition coefficient (Wildman–Crippen LogP) is 2.11. The summed E-state index contributed by atoms with van der Waals surface area (Å²) >= 11 is 0. The normalized spacial score (nSPS) is 10.0. The van der Waals surface area contributed by atoms with Gasteiger partial charge in [-0.3, -0.25) is 0 Å². The maximum absolute atomic E-state index is 12.8. The third kappa shape index (κ3) is 2.46. The number of aryl methyl sites for hydroxylation is 1. The van der Waals surface area contributed by atoms with Gasteiger partial charge < -0.3 is 4.74 Å². The Morgan fingerprint density at radius 2 is 2.20 bits per heavy atom. The summed E-state index contributed by atoms with van der Waals surface area (Å²) in [7, 11) is 0. The van der Waals surface area contributed by atoms with Gasteiger partial charge in [0, 0.05) is 6.07 Å². The van der Waals surface area contributed by atoms with E-state index in [9.17, 15) is 4.39 Å². The number of benzene rings is 1. The lowest BCUT2D eigenvalue weighted by Crippen LogP contribution is -1.95. The minimum atomic E-state index is -0.367. The van der Waals surface area contributed by atoms with Crippen LogP contribution in [0.5, 0.6) is 11.8 Å². The van der Waals surface area contributed by atoms with Crippen molar-refractivity contribution in [3.8, 4) is 11.8 Å². The molecule has 2 rings (SSSR count). The standard InChI is InChI=1S/C10H8FN3O/c1-7-6-12-14-10(13-7)15-9-4-2-3-8(11)5-9/h2-6H,1H3. The van der Waals surface area contributed by atoms with Gasteiger partial charge in [-0.1, -0.05) is 11.2 Å². The Kier molecular flexibility index (Phi) is 2.53. The number of hydrogen-bond donors (Lipinski definition) is 0. The number of nitrogens with zero attached hydrogens (tertiary/aromatic N) is 3. The Bertz CT molecular complexity index is 432. The highest BCUT2D eigenvalue weighted by molar-refractivity contribution is 5.25. The van der Waals surface area contributed by atoms with Gasteiger partial charge in [0.05, 0.1) is 11.9 Å². The van der Waals surface area contributed by atoms with Crippen molar-refractivity contribution in [3.05, 3.63) is 42.0 Å². The van der Waals surface area contributed by atoms with Crippen LogP contribution >= 0.6 is 0 Å². The molecule has 0 spiro atoms. The van der Waals surface area contributed by atoms with Crippen molar-refractivity contribution < 1.29 is 9.13 Å². The van der Waals surface area contributed by atoms with E-state index < -0.39 is 0 Å². The number of ether oxygens (including phenoxy) is 1. The van der Waals surface area contributed by atoms with E-state index in [1.165, 1.54) is 18.3 Å². The van der Waals surface area contributed by atoms with Gasteiger partial charge in [-0.05, 0) is 19.1 Å². The van der Waals surface area contributed by atoms with Gasteiger partial charge in [0.15, 0.2) is 0 Å². The maximum Gasteiger partial charge on any atom is 0.341 e. The first kappa shape index (κ1) is 9.51. The lowest BCUT2D eigenvalue weighted by molar-refractivity contribution is 0.428. The third-order valence-electron chi connectivity index (χ3n) is 1.67. The Morgan fingerprint density at radius 1 is 1.33 bits per heavy atom. The molecule has 15 heavy (non-hydrogen) atoms. The van der Waals surface area contributed by atoms with E-state index in [2.05, 4.69) is 15.2 Å². The number of halogens is 1. The summed E-state index contributed by atoms with van der Waals surface area (Å²) in [5.74, 6) is -0.0180. The summed E-state index contributed by atoms with van der Waals surface area (Å²) in [6, 6.07) is 5.87. The second kappa shape index (κ2) is 4.00. The lowest BCUT2D eigenvalue weighted by Gasteiger charge is -2.02. The van der Waals surface area contributed by atoms with E-state index in [0.29, 0.717) is 11.4 Å². The van der Waals surface area contributed by atoms with Gasteiger partial charge in [-0.15, -0.1) is 0 Å². The molecule has 0 aliphatic heterocycles. The molecule has 1 aromatic heterocycles. The molecule has 0 saturated heterocycles.